The van der Waals surface area contributed by atoms with E-state index in [0.717, 1.165) is 24.1 Å². The van der Waals surface area contributed by atoms with Gasteiger partial charge in [-0.2, -0.15) is 0 Å². The standard InChI is InChI=1S/C25H28FNO3/c1-24-12-11-22(30)27(14-15-3-5-16(26)6-4-15)20(24)9-7-17-18-8-10-21(29)25(18,2)13-19(28)23(17)24/h3-6,9,17-18,23H,7-8,10-14H2,1-2H3/t17-,18-,23+,24?,25?/m0/s1. The van der Waals surface area contributed by atoms with Gasteiger partial charge in [0.05, 0.1) is 6.54 Å². The number of carbonyl (C=O) groups is 3. The van der Waals surface area contributed by atoms with Crippen molar-refractivity contribution < 1.29 is 18.8 Å². The highest BCUT2D eigenvalue weighted by molar-refractivity contribution is 5.96. The first-order valence-corrected chi connectivity index (χ1v) is 11.1. The van der Waals surface area contributed by atoms with E-state index in [2.05, 4.69) is 13.0 Å². The van der Waals surface area contributed by atoms with Crippen LogP contribution in [0, 0.1) is 34.4 Å². The quantitative estimate of drug-likeness (QED) is 0.726. The summed E-state index contributed by atoms with van der Waals surface area (Å²) in [5.74, 6) is 0.503. The van der Waals surface area contributed by atoms with E-state index in [9.17, 15) is 18.8 Å². The van der Waals surface area contributed by atoms with Crippen molar-refractivity contribution in [1.29, 1.82) is 0 Å². The zero-order valence-corrected chi connectivity index (χ0v) is 17.6. The minimum absolute atomic E-state index is 0.0608. The smallest absolute Gasteiger partial charge is 0.227 e. The van der Waals surface area contributed by atoms with Gasteiger partial charge in [0.15, 0.2) is 0 Å². The van der Waals surface area contributed by atoms with Crippen molar-refractivity contribution in [2.75, 3.05) is 0 Å². The van der Waals surface area contributed by atoms with Crippen LogP contribution in [0.15, 0.2) is 36.0 Å². The fourth-order valence-electron chi connectivity index (χ4n) is 7.01. The lowest BCUT2D eigenvalue weighted by Gasteiger charge is -2.56. The molecule has 30 heavy (non-hydrogen) atoms. The number of Topliss-reactive ketones (excluding diaryl/α,β-unsaturated/α-hetero) is 2. The average molecular weight is 410 g/mol. The Bertz CT molecular complexity index is 967. The molecule has 2 saturated carbocycles. The molecular formula is C25H28FNO3. The Kier molecular flexibility index (Phi) is 4.32. The molecule has 0 N–H and O–H groups in total. The molecule has 4 aliphatic rings. The predicted octanol–water partition coefficient (Wildman–Crippen LogP) is 4.43. The van der Waals surface area contributed by atoms with Crippen LogP contribution < -0.4 is 0 Å². The van der Waals surface area contributed by atoms with Crippen molar-refractivity contribution >= 4 is 17.5 Å². The van der Waals surface area contributed by atoms with Gasteiger partial charge in [0.2, 0.25) is 5.91 Å². The molecule has 1 heterocycles. The molecule has 0 bridgehead atoms. The van der Waals surface area contributed by atoms with Gasteiger partial charge in [0.1, 0.15) is 17.4 Å². The summed E-state index contributed by atoms with van der Waals surface area (Å²) in [5.41, 5.74) is 0.936. The number of benzene rings is 1. The number of likely N-dealkylation sites (tertiary alicyclic amines) is 1. The largest absolute Gasteiger partial charge is 0.312 e. The summed E-state index contributed by atoms with van der Waals surface area (Å²) in [7, 11) is 0. The second kappa shape index (κ2) is 6.60. The number of carbonyl (C=O) groups excluding carboxylic acids is 3. The van der Waals surface area contributed by atoms with E-state index in [1.165, 1.54) is 12.1 Å². The highest BCUT2D eigenvalue weighted by atomic mass is 19.1. The fourth-order valence-corrected chi connectivity index (χ4v) is 7.01. The second-order valence-electron chi connectivity index (χ2n) is 10.1. The number of amides is 1. The highest BCUT2D eigenvalue weighted by Gasteiger charge is 2.62. The van der Waals surface area contributed by atoms with Crippen LogP contribution in [0.25, 0.3) is 0 Å². The van der Waals surface area contributed by atoms with E-state index in [1.54, 1.807) is 12.1 Å². The van der Waals surface area contributed by atoms with Gasteiger partial charge in [-0.05, 0) is 48.8 Å². The Hall–Kier alpha value is -2.30. The lowest BCUT2D eigenvalue weighted by Crippen LogP contribution is -2.57. The number of piperidine rings is 1. The van der Waals surface area contributed by atoms with Crippen LogP contribution in [-0.2, 0) is 20.9 Å². The van der Waals surface area contributed by atoms with Crippen LogP contribution in [-0.4, -0.2) is 22.4 Å². The van der Waals surface area contributed by atoms with Crippen molar-refractivity contribution in [1.82, 2.24) is 4.90 Å². The molecule has 5 rings (SSSR count). The van der Waals surface area contributed by atoms with Crippen LogP contribution in [0.1, 0.15) is 57.9 Å². The maximum Gasteiger partial charge on any atom is 0.227 e. The topological polar surface area (TPSA) is 54.5 Å². The monoisotopic (exact) mass is 409 g/mol. The molecule has 158 valence electrons. The molecule has 2 unspecified atom stereocenters. The third kappa shape index (κ3) is 2.67. The van der Waals surface area contributed by atoms with Crippen molar-refractivity contribution in [3.63, 3.8) is 0 Å². The van der Waals surface area contributed by atoms with Gasteiger partial charge in [0.25, 0.3) is 0 Å². The van der Waals surface area contributed by atoms with Crippen LogP contribution in [0.4, 0.5) is 4.39 Å². The van der Waals surface area contributed by atoms with Crippen molar-refractivity contribution in [3.8, 4) is 0 Å². The number of rotatable bonds is 2. The van der Waals surface area contributed by atoms with Crippen LogP contribution in [0.3, 0.4) is 0 Å². The normalized spacial score (nSPS) is 38.1. The maximum absolute atomic E-state index is 13.4. The fraction of sp³-hybridized carbons (Fsp3) is 0.560. The Balaban J connectivity index is 1.52. The minimum Gasteiger partial charge on any atom is -0.312 e. The molecule has 5 heteroatoms. The molecule has 3 fully saturated rings. The molecular weight excluding hydrogens is 381 g/mol. The number of ketones is 2. The first-order chi connectivity index (χ1) is 14.2. The number of hydrogen-bond acceptors (Lipinski definition) is 3. The van der Waals surface area contributed by atoms with Crippen LogP contribution >= 0.6 is 0 Å². The molecule has 1 aromatic rings. The molecule has 0 radical (unpaired) electrons. The Morgan fingerprint density at radius 2 is 1.80 bits per heavy atom. The lowest BCUT2D eigenvalue weighted by atomic mass is 9.49. The summed E-state index contributed by atoms with van der Waals surface area (Å²) in [6, 6.07) is 6.25. The molecule has 0 spiro atoms. The van der Waals surface area contributed by atoms with Gasteiger partial charge >= 0.3 is 0 Å². The second-order valence-corrected chi connectivity index (χ2v) is 10.1. The minimum atomic E-state index is -0.502. The van der Waals surface area contributed by atoms with Gasteiger partial charge in [-0.3, -0.25) is 14.4 Å². The third-order valence-electron chi connectivity index (χ3n) is 8.53. The van der Waals surface area contributed by atoms with Gasteiger partial charge in [-0.25, -0.2) is 4.39 Å². The molecule has 0 aromatic heterocycles. The van der Waals surface area contributed by atoms with Crippen LogP contribution in [0.5, 0.6) is 0 Å². The summed E-state index contributed by atoms with van der Waals surface area (Å²) >= 11 is 0. The molecule has 1 amide bonds. The summed E-state index contributed by atoms with van der Waals surface area (Å²) in [6.07, 6.45) is 5.77. The molecule has 1 aliphatic heterocycles. The molecule has 3 aliphatic carbocycles. The highest BCUT2D eigenvalue weighted by Crippen LogP contribution is 2.62. The van der Waals surface area contributed by atoms with Gasteiger partial charge in [0, 0.05) is 41.7 Å². The van der Waals surface area contributed by atoms with Crippen molar-refractivity contribution in [2.45, 2.75) is 58.9 Å². The Labute approximate surface area is 176 Å². The lowest BCUT2D eigenvalue weighted by molar-refractivity contribution is -0.152. The summed E-state index contributed by atoms with van der Waals surface area (Å²) in [4.78, 5) is 40.7. The number of halogens is 1. The molecule has 5 atom stereocenters. The zero-order valence-electron chi connectivity index (χ0n) is 17.6. The van der Waals surface area contributed by atoms with Crippen molar-refractivity contribution in [2.24, 2.45) is 28.6 Å². The zero-order chi connectivity index (χ0) is 21.3. The summed E-state index contributed by atoms with van der Waals surface area (Å²) in [6.45, 7) is 4.52. The summed E-state index contributed by atoms with van der Waals surface area (Å²) in [5, 5.41) is 0. The maximum atomic E-state index is 13.4. The predicted molar refractivity (Wildman–Crippen MR) is 109 cm³/mol. The molecule has 4 nitrogen and oxygen atoms in total. The van der Waals surface area contributed by atoms with E-state index in [0.29, 0.717) is 32.2 Å². The van der Waals surface area contributed by atoms with E-state index in [1.807, 2.05) is 11.8 Å². The van der Waals surface area contributed by atoms with Crippen molar-refractivity contribution in [3.05, 3.63) is 47.4 Å². The number of hydrogen-bond donors (Lipinski definition) is 0. The molecule has 1 aromatic carbocycles. The molecule has 1 saturated heterocycles. The van der Waals surface area contributed by atoms with E-state index < -0.39 is 5.41 Å². The van der Waals surface area contributed by atoms with Gasteiger partial charge in [-0.1, -0.05) is 32.1 Å². The number of nitrogens with zero attached hydrogens (tertiary/aromatic N) is 1. The van der Waals surface area contributed by atoms with E-state index in [-0.39, 0.29) is 46.5 Å². The average Bonchev–Trinajstić information content (AvgIpc) is 3.00. The van der Waals surface area contributed by atoms with E-state index >= 15 is 0 Å². The van der Waals surface area contributed by atoms with Gasteiger partial charge < -0.3 is 4.90 Å². The third-order valence-corrected chi connectivity index (χ3v) is 8.53. The SMILES string of the molecule is CC12CC(=O)[C@H]3[C@@H](CC=C4N(Cc5ccc(F)cc5)C(=O)CCC43C)[C@@H]1CCC2=O. The van der Waals surface area contributed by atoms with Gasteiger partial charge in [-0.15, -0.1) is 0 Å². The summed E-state index contributed by atoms with van der Waals surface area (Å²) < 4.78 is 13.3. The Morgan fingerprint density at radius 1 is 1.07 bits per heavy atom. The van der Waals surface area contributed by atoms with Crippen LogP contribution in [0.2, 0.25) is 0 Å². The number of allylic oxidation sites excluding steroid dienone is 2. The Morgan fingerprint density at radius 3 is 2.53 bits per heavy atom. The number of fused-ring (bicyclic) bond motifs is 5. The van der Waals surface area contributed by atoms with E-state index in [4.69, 9.17) is 0 Å². The first kappa shape index (κ1) is 19.7. The first-order valence-electron chi connectivity index (χ1n) is 11.1.